The molecule has 0 unspecified atom stereocenters. The molecule has 0 radical (unpaired) electrons. The SMILES string of the molecule is NC(=O)c1cncc(N2CCN(Cc3nc4ccccc4[nH]3)CC2)n1. The van der Waals surface area contributed by atoms with E-state index in [0.29, 0.717) is 5.82 Å². The predicted molar refractivity (Wildman–Crippen MR) is 94.1 cm³/mol. The van der Waals surface area contributed by atoms with E-state index >= 15 is 0 Å². The van der Waals surface area contributed by atoms with E-state index in [1.165, 1.54) is 6.20 Å². The summed E-state index contributed by atoms with van der Waals surface area (Å²) in [6, 6.07) is 8.04. The number of primary amides is 1. The molecule has 3 N–H and O–H groups in total. The van der Waals surface area contributed by atoms with E-state index in [4.69, 9.17) is 5.73 Å². The highest BCUT2D eigenvalue weighted by molar-refractivity contribution is 5.90. The number of nitrogens with zero attached hydrogens (tertiary/aromatic N) is 5. The van der Waals surface area contributed by atoms with Gasteiger partial charge in [-0.1, -0.05) is 12.1 Å². The number of piperazine rings is 1. The number of carbonyl (C=O) groups excluding carboxylic acids is 1. The first-order valence-corrected chi connectivity index (χ1v) is 8.22. The summed E-state index contributed by atoms with van der Waals surface area (Å²) in [7, 11) is 0. The first-order chi connectivity index (χ1) is 12.2. The molecule has 0 bridgehead atoms. The van der Waals surface area contributed by atoms with E-state index in [2.05, 4.69) is 29.7 Å². The summed E-state index contributed by atoms with van der Waals surface area (Å²) in [6.45, 7) is 4.20. The third kappa shape index (κ3) is 3.29. The number of imidazole rings is 1. The van der Waals surface area contributed by atoms with Gasteiger partial charge in [0.25, 0.3) is 5.91 Å². The van der Waals surface area contributed by atoms with E-state index in [-0.39, 0.29) is 5.69 Å². The molecule has 1 aromatic carbocycles. The summed E-state index contributed by atoms with van der Waals surface area (Å²) in [5.41, 5.74) is 7.53. The lowest BCUT2D eigenvalue weighted by atomic mass is 10.3. The molecular formula is C17H19N7O. The van der Waals surface area contributed by atoms with Gasteiger partial charge in [0.05, 0.1) is 30.0 Å². The Balaban J connectivity index is 1.39. The van der Waals surface area contributed by atoms with Crippen LogP contribution in [-0.2, 0) is 6.54 Å². The zero-order valence-electron chi connectivity index (χ0n) is 13.7. The van der Waals surface area contributed by atoms with Crippen LogP contribution in [-0.4, -0.2) is 56.9 Å². The third-order valence-electron chi connectivity index (χ3n) is 4.38. The van der Waals surface area contributed by atoms with Crippen molar-refractivity contribution >= 4 is 22.8 Å². The molecule has 8 nitrogen and oxygen atoms in total. The molecule has 0 aliphatic carbocycles. The summed E-state index contributed by atoms with van der Waals surface area (Å²) in [5, 5.41) is 0. The molecule has 0 saturated carbocycles. The molecule has 0 spiro atoms. The maximum atomic E-state index is 11.2. The Bertz CT molecular complexity index is 866. The standard InChI is InChI=1S/C17H19N7O/c18-17(25)14-9-19-10-16(22-14)24-7-5-23(6-8-24)11-15-20-12-3-1-2-4-13(12)21-15/h1-4,9-10H,5-8,11H2,(H2,18,25)(H,20,21). The lowest BCUT2D eigenvalue weighted by Crippen LogP contribution is -2.46. The molecule has 2 aromatic heterocycles. The Morgan fingerprint density at radius 2 is 1.92 bits per heavy atom. The van der Waals surface area contributed by atoms with Crippen molar-refractivity contribution in [2.24, 2.45) is 5.73 Å². The van der Waals surface area contributed by atoms with Crippen molar-refractivity contribution in [1.82, 2.24) is 24.8 Å². The average Bonchev–Trinajstić information content (AvgIpc) is 3.04. The smallest absolute Gasteiger partial charge is 0.268 e. The van der Waals surface area contributed by atoms with Crippen molar-refractivity contribution in [1.29, 1.82) is 0 Å². The second kappa shape index (κ2) is 6.48. The van der Waals surface area contributed by atoms with Gasteiger partial charge >= 0.3 is 0 Å². The maximum absolute atomic E-state index is 11.2. The Labute approximate surface area is 144 Å². The summed E-state index contributed by atoms with van der Waals surface area (Å²) >= 11 is 0. The molecular weight excluding hydrogens is 318 g/mol. The van der Waals surface area contributed by atoms with Gasteiger partial charge < -0.3 is 15.6 Å². The normalized spacial score (nSPS) is 15.6. The molecule has 128 valence electrons. The predicted octanol–water partition coefficient (Wildman–Crippen LogP) is 0.774. The Kier molecular flexibility index (Phi) is 4.02. The van der Waals surface area contributed by atoms with Crippen molar-refractivity contribution < 1.29 is 4.79 Å². The van der Waals surface area contributed by atoms with Gasteiger partial charge in [0, 0.05) is 26.2 Å². The third-order valence-corrected chi connectivity index (χ3v) is 4.38. The Morgan fingerprint density at radius 1 is 1.12 bits per heavy atom. The van der Waals surface area contributed by atoms with Gasteiger partial charge in [-0.15, -0.1) is 0 Å². The molecule has 1 aliphatic rings. The first kappa shape index (κ1) is 15.5. The van der Waals surface area contributed by atoms with Gasteiger partial charge in [-0.25, -0.2) is 9.97 Å². The molecule has 3 aromatic rings. The number of rotatable bonds is 4. The highest BCUT2D eigenvalue weighted by atomic mass is 16.1. The number of fused-ring (bicyclic) bond motifs is 1. The van der Waals surface area contributed by atoms with Gasteiger partial charge in [-0.3, -0.25) is 14.7 Å². The molecule has 1 saturated heterocycles. The highest BCUT2D eigenvalue weighted by Gasteiger charge is 2.20. The van der Waals surface area contributed by atoms with Crippen LogP contribution in [0.2, 0.25) is 0 Å². The van der Waals surface area contributed by atoms with Crippen molar-refractivity contribution in [3.8, 4) is 0 Å². The number of nitrogens with one attached hydrogen (secondary N) is 1. The van der Waals surface area contributed by atoms with Crippen LogP contribution in [0, 0.1) is 0 Å². The van der Waals surface area contributed by atoms with Crippen molar-refractivity contribution in [3.63, 3.8) is 0 Å². The fourth-order valence-corrected chi connectivity index (χ4v) is 3.05. The number of hydrogen-bond acceptors (Lipinski definition) is 6. The van der Waals surface area contributed by atoms with Gasteiger partial charge in [0.15, 0.2) is 0 Å². The summed E-state index contributed by atoms with van der Waals surface area (Å²) in [4.78, 5) is 32.1. The van der Waals surface area contributed by atoms with Crippen LogP contribution in [0.25, 0.3) is 11.0 Å². The number of amides is 1. The van der Waals surface area contributed by atoms with Gasteiger partial charge in [-0.2, -0.15) is 0 Å². The lowest BCUT2D eigenvalue weighted by Gasteiger charge is -2.34. The number of aromatic amines is 1. The lowest BCUT2D eigenvalue weighted by molar-refractivity contribution is 0.0995. The fraction of sp³-hybridized carbons (Fsp3) is 0.294. The fourth-order valence-electron chi connectivity index (χ4n) is 3.05. The van der Waals surface area contributed by atoms with Crippen LogP contribution in [0.15, 0.2) is 36.7 Å². The average molecular weight is 337 g/mol. The second-order valence-electron chi connectivity index (χ2n) is 6.09. The zero-order chi connectivity index (χ0) is 17.2. The second-order valence-corrected chi connectivity index (χ2v) is 6.09. The molecule has 3 heterocycles. The van der Waals surface area contributed by atoms with E-state index in [1.807, 2.05) is 24.3 Å². The number of H-pyrrole nitrogens is 1. The number of carbonyl (C=O) groups is 1. The molecule has 0 atom stereocenters. The monoisotopic (exact) mass is 337 g/mol. The van der Waals surface area contributed by atoms with Crippen LogP contribution in [0.1, 0.15) is 16.3 Å². The van der Waals surface area contributed by atoms with E-state index < -0.39 is 5.91 Å². The van der Waals surface area contributed by atoms with Crippen LogP contribution in [0.3, 0.4) is 0 Å². The number of hydrogen-bond donors (Lipinski definition) is 2. The molecule has 1 aliphatic heterocycles. The van der Waals surface area contributed by atoms with Crippen LogP contribution < -0.4 is 10.6 Å². The van der Waals surface area contributed by atoms with Gasteiger partial charge in [-0.05, 0) is 12.1 Å². The highest BCUT2D eigenvalue weighted by Crippen LogP contribution is 2.16. The molecule has 4 rings (SSSR count). The van der Waals surface area contributed by atoms with Crippen LogP contribution in [0.5, 0.6) is 0 Å². The van der Waals surface area contributed by atoms with Crippen molar-refractivity contribution in [2.45, 2.75) is 6.54 Å². The topological polar surface area (TPSA) is 104 Å². The van der Waals surface area contributed by atoms with Crippen LogP contribution in [0.4, 0.5) is 5.82 Å². The molecule has 1 fully saturated rings. The Morgan fingerprint density at radius 3 is 2.68 bits per heavy atom. The van der Waals surface area contributed by atoms with Gasteiger partial charge in [0.2, 0.25) is 0 Å². The number of aromatic nitrogens is 4. The van der Waals surface area contributed by atoms with E-state index in [1.54, 1.807) is 6.20 Å². The number of anilines is 1. The maximum Gasteiger partial charge on any atom is 0.268 e. The zero-order valence-corrected chi connectivity index (χ0v) is 13.7. The summed E-state index contributed by atoms with van der Waals surface area (Å²) in [6.07, 6.45) is 3.06. The minimum atomic E-state index is -0.558. The minimum Gasteiger partial charge on any atom is -0.364 e. The van der Waals surface area contributed by atoms with E-state index in [9.17, 15) is 4.79 Å². The number of nitrogens with two attached hydrogens (primary N) is 1. The minimum absolute atomic E-state index is 0.196. The van der Waals surface area contributed by atoms with E-state index in [0.717, 1.165) is 49.6 Å². The van der Waals surface area contributed by atoms with Gasteiger partial charge in [0.1, 0.15) is 17.3 Å². The summed E-state index contributed by atoms with van der Waals surface area (Å²) < 4.78 is 0. The van der Waals surface area contributed by atoms with Crippen molar-refractivity contribution in [2.75, 3.05) is 31.1 Å². The Hall–Kier alpha value is -3.00. The quantitative estimate of drug-likeness (QED) is 0.729. The number of para-hydroxylation sites is 2. The largest absolute Gasteiger partial charge is 0.364 e. The summed E-state index contributed by atoms with van der Waals surface area (Å²) in [5.74, 6) is 1.11. The number of benzene rings is 1. The van der Waals surface area contributed by atoms with Crippen LogP contribution >= 0.6 is 0 Å². The molecule has 8 heteroatoms. The first-order valence-electron chi connectivity index (χ1n) is 8.22. The molecule has 25 heavy (non-hydrogen) atoms. The van der Waals surface area contributed by atoms with Crippen molar-refractivity contribution in [3.05, 3.63) is 48.2 Å². The molecule has 1 amide bonds.